The van der Waals surface area contributed by atoms with Gasteiger partial charge in [0.1, 0.15) is 0 Å². The standard InChI is InChI=1S/C17H26N2O/c1-20-12-10-14-5-2-3-7-17(14)19-11-4-6-16(13-19)18-15-8-9-15/h2-3,5,7,15-16,18H,4,6,8-13H2,1H3. The summed E-state index contributed by atoms with van der Waals surface area (Å²) in [7, 11) is 1.78. The highest BCUT2D eigenvalue weighted by molar-refractivity contribution is 5.54. The molecule has 0 amide bonds. The lowest BCUT2D eigenvalue weighted by atomic mass is 10.0. The summed E-state index contributed by atoms with van der Waals surface area (Å²) < 4.78 is 5.24. The average Bonchev–Trinajstić information content (AvgIpc) is 3.30. The minimum atomic E-state index is 0.673. The Balaban J connectivity index is 1.67. The van der Waals surface area contributed by atoms with Crippen LogP contribution in [0.3, 0.4) is 0 Å². The number of nitrogens with zero attached hydrogens (tertiary/aromatic N) is 1. The molecular formula is C17H26N2O. The molecule has 1 aromatic carbocycles. The number of hydrogen-bond donors (Lipinski definition) is 1. The van der Waals surface area contributed by atoms with Gasteiger partial charge in [0.2, 0.25) is 0 Å². The fourth-order valence-corrected chi connectivity index (χ4v) is 3.16. The molecule has 0 spiro atoms. The zero-order valence-electron chi connectivity index (χ0n) is 12.5. The van der Waals surface area contributed by atoms with E-state index in [1.54, 1.807) is 7.11 Å². The molecule has 20 heavy (non-hydrogen) atoms. The molecule has 1 aliphatic heterocycles. The summed E-state index contributed by atoms with van der Waals surface area (Å²) >= 11 is 0. The molecule has 1 aliphatic carbocycles. The van der Waals surface area contributed by atoms with Gasteiger partial charge in [-0.15, -0.1) is 0 Å². The maximum absolute atomic E-state index is 5.24. The van der Waals surface area contributed by atoms with Crippen molar-refractivity contribution < 1.29 is 4.74 Å². The third kappa shape index (κ3) is 3.53. The van der Waals surface area contributed by atoms with Gasteiger partial charge in [-0.1, -0.05) is 18.2 Å². The quantitative estimate of drug-likeness (QED) is 0.863. The van der Waals surface area contributed by atoms with E-state index >= 15 is 0 Å². The first-order valence-electron chi connectivity index (χ1n) is 7.94. The van der Waals surface area contributed by atoms with Crippen molar-refractivity contribution in [3.8, 4) is 0 Å². The number of rotatable bonds is 6. The number of ether oxygens (including phenoxy) is 1. The summed E-state index contributed by atoms with van der Waals surface area (Å²) in [4.78, 5) is 2.56. The fourth-order valence-electron chi connectivity index (χ4n) is 3.16. The van der Waals surface area contributed by atoms with Gasteiger partial charge >= 0.3 is 0 Å². The summed E-state index contributed by atoms with van der Waals surface area (Å²) in [5.74, 6) is 0. The van der Waals surface area contributed by atoms with Gasteiger partial charge in [0, 0.05) is 38.0 Å². The van der Waals surface area contributed by atoms with Crippen LogP contribution < -0.4 is 10.2 Å². The van der Waals surface area contributed by atoms with E-state index in [2.05, 4.69) is 34.5 Å². The zero-order chi connectivity index (χ0) is 13.8. The molecule has 1 N–H and O–H groups in total. The van der Waals surface area contributed by atoms with E-state index in [1.807, 2.05) is 0 Å². The number of anilines is 1. The maximum Gasteiger partial charge on any atom is 0.0503 e. The Bertz CT molecular complexity index is 431. The topological polar surface area (TPSA) is 24.5 Å². The second kappa shape index (κ2) is 6.59. The van der Waals surface area contributed by atoms with E-state index in [0.717, 1.165) is 25.6 Å². The number of para-hydroxylation sites is 1. The molecular weight excluding hydrogens is 248 g/mol. The highest BCUT2D eigenvalue weighted by Gasteiger charge is 2.28. The Morgan fingerprint density at radius 1 is 1.20 bits per heavy atom. The zero-order valence-corrected chi connectivity index (χ0v) is 12.5. The Morgan fingerprint density at radius 2 is 2.05 bits per heavy atom. The van der Waals surface area contributed by atoms with E-state index in [4.69, 9.17) is 4.74 Å². The molecule has 3 nitrogen and oxygen atoms in total. The highest BCUT2D eigenvalue weighted by Crippen LogP contribution is 2.26. The summed E-state index contributed by atoms with van der Waals surface area (Å²) in [6.45, 7) is 3.14. The van der Waals surface area contributed by atoms with E-state index in [1.165, 1.54) is 43.5 Å². The van der Waals surface area contributed by atoms with E-state index < -0.39 is 0 Å². The SMILES string of the molecule is COCCc1ccccc1N1CCCC(NC2CC2)C1. The average molecular weight is 274 g/mol. The molecule has 1 atom stereocenters. The van der Waals surface area contributed by atoms with Crippen molar-refractivity contribution in [1.29, 1.82) is 0 Å². The first-order valence-corrected chi connectivity index (χ1v) is 7.94. The molecule has 1 heterocycles. The lowest BCUT2D eigenvalue weighted by molar-refractivity contribution is 0.202. The Hall–Kier alpha value is -1.06. The van der Waals surface area contributed by atoms with Gasteiger partial charge in [-0.2, -0.15) is 0 Å². The first kappa shape index (κ1) is 13.9. The van der Waals surface area contributed by atoms with Crippen LogP contribution in [0.25, 0.3) is 0 Å². The van der Waals surface area contributed by atoms with Gasteiger partial charge < -0.3 is 15.0 Å². The molecule has 1 unspecified atom stereocenters. The van der Waals surface area contributed by atoms with Crippen LogP contribution >= 0.6 is 0 Å². The van der Waals surface area contributed by atoms with Crippen molar-refractivity contribution in [1.82, 2.24) is 5.32 Å². The second-order valence-electron chi connectivity index (χ2n) is 6.10. The number of methoxy groups -OCH3 is 1. The van der Waals surface area contributed by atoms with Crippen molar-refractivity contribution in [3.05, 3.63) is 29.8 Å². The van der Waals surface area contributed by atoms with Crippen molar-refractivity contribution in [3.63, 3.8) is 0 Å². The first-order chi connectivity index (χ1) is 9.86. The van der Waals surface area contributed by atoms with Gasteiger partial charge in [-0.25, -0.2) is 0 Å². The monoisotopic (exact) mass is 274 g/mol. The van der Waals surface area contributed by atoms with Crippen molar-refractivity contribution in [2.75, 3.05) is 31.7 Å². The summed E-state index contributed by atoms with van der Waals surface area (Å²) in [6, 6.07) is 10.3. The van der Waals surface area contributed by atoms with Crippen LogP contribution in [-0.2, 0) is 11.2 Å². The second-order valence-corrected chi connectivity index (χ2v) is 6.10. The van der Waals surface area contributed by atoms with Crippen LogP contribution in [0, 0.1) is 0 Å². The molecule has 1 saturated carbocycles. The van der Waals surface area contributed by atoms with Crippen LogP contribution in [0.5, 0.6) is 0 Å². The van der Waals surface area contributed by atoms with Crippen molar-refractivity contribution in [2.24, 2.45) is 0 Å². The van der Waals surface area contributed by atoms with Crippen LogP contribution in [-0.4, -0.2) is 38.9 Å². The third-order valence-corrected chi connectivity index (χ3v) is 4.38. The lowest BCUT2D eigenvalue weighted by Gasteiger charge is -2.36. The fraction of sp³-hybridized carbons (Fsp3) is 0.647. The molecule has 2 aliphatic rings. The lowest BCUT2D eigenvalue weighted by Crippen LogP contribution is -2.46. The van der Waals surface area contributed by atoms with Crippen LogP contribution in [0.15, 0.2) is 24.3 Å². The van der Waals surface area contributed by atoms with Crippen molar-refractivity contribution >= 4 is 5.69 Å². The summed E-state index contributed by atoms with van der Waals surface area (Å²) in [6.07, 6.45) is 6.38. The number of nitrogens with one attached hydrogen (secondary N) is 1. The highest BCUT2D eigenvalue weighted by atomic mass is 16.5. The van der Waals surface area contributed by atoms with Crippen LogP contribution in [0.4, 0.5) is 5.69 Å². The Morgan fingerprint density at radius 3 is 2.85 bits per heavy atom. The number of benzene rings is 1. The third-order valence-electron chi connectivity index (χ3n) is 4.38. The molecule has 1 aromatic rings. The molecule has 0 bridgehead atoms. The number of piperidine rings is 1. The molecule has 110 valence electrons. The van der Waals surface area contributed by atoms with E-state index in [9.17, 15) is 0 Å². The van der Waals surface area contributed by atoms with E-state index in [0.29, 0.717) is 6.04 Å². The minimum absolute atomic E-state index is 0.673. The molecule has 1 saturated heterocycles. The van der Waals surface area contributed by atoms with E-state index in [-0.39, 0.29) is 0 Å². The van der Waals surface area contributed by atoms with Gasteiger partial charge in [-0.3, -0.25) is 0 Å². The maximum atomic E-state index is 5.24. The predicted octanol–water partition coefficient (Wildman–Crippen LogP) is 2.60. The van der Waals surface area contributed by atoms with Gasteiger partial charge in [0.25, 0.3) is 0 Å². The van der Waals surface area contributed by atoms with Crippen molar-refractivity contribution in [2.45, 2.75) is 44.2 Å². The van der Waals surface area contributed by atoms with Crippen LogP contribution in [0.1, 0.15) is 31.2 Å². The molecule has 0 aromatic heterocycles. The van der Waals surface area contributed by atoms with Crippen LogP contribution in [0.2, 0.25) is 0 Å². The largest absolute Gasteiger partial charge is 0.384 e. The Kier molecular flexibility index (Phi) is 4.58. The summed E-state index contributed by atoms with van der Waals surface area (Å²) in [5, 5.41) is 3.79. The van der Waals surface area contributed by atoms with Gasteiger partial charge in [0.05, 0.1) is 6.61 Å². The Labute approximate surface area is 122 Å². The summed E-state index contributed by atoms with van der Waals surface area (Å²) in [5.41, 5.74) is 2.83. The predicted molar refractivity (Wildman–Crippen MR) is 83.4 cm³/mol. The minimum Gasteiger partial charge on any atom is -0.384 e. The van der Waals surface area contributed by atoms with Gasteiger partial charge in [0.15, 0.2) is 0 Å². The molecule has 0 radical (unpaired) electrons. The van der Waals surface area contributed by atoms with Gasteiger partial charge in [-0.05, 0) is 43.7 Å². The normalized spacial score (nSPS) is 23.1. The molecule has 2 fully saturated rings. The molecule has 3 heteroatoms. The number of hydrogen-bond acceptors (Lipinski definition) is 3. The molecule has 3 rings (SSSR count). The smallest absolute Gasteiger partial charge is 0.0503 e.